The number of tetrazole rings is 1. The number of rotatable bonds is 5. The highest BCUT2D eigenvalue weighted by Crippen LogP contribution is 2.46. The fourth-order valence-corrected chi connectivity index (χ4v) is 4.80. The van der Waals surface area contributed by atoms with Crippen molar-refractivity contribution in [1.82, 2.24) is 31.3 Å². The Morgan fingerprint density at radius 2 is 1.56 bits per heavy atom. The zero-order valence-electron chi connectivity index (χ0n) is 18.4. The highest BCUT2D eigenvalue weighted by Gasteiger charge is 2.45. The number of hydrogen-bond donors (Lipinski definition) is 4. The van der Waals surface area contributed by atoms with Gasteiger partial charge in [-0.1, -0.05) is 17.3 Å². The van der Waals surface area contributed by atoms with Gasteiger partial charge in [0.1, 0.15) is 0 Å². The first kappa shape index (κ1) is 21.6. The Kier molecular flexibility index (Phi) is 5.75. The molecule has 0 fully saturated rings. The molecule has 3 aromatic rings. The number of hydrogen-bond acceptors (Lipinski definition) is 6. The highest BCUT2D eigenvalue weighted by molar-refractivity contribution is 5.95. The molecule has 1 aromatic heterocycles. The summed E-state index contributed by atoms with van der Waals surface area (Å²) in [5.41, 5.74) is 10.8. The van der Waals surface area contributed by atoms with E-state index >= 15 is 0 Å². The van der Waals surface area contributed by atoms with Crippen molar-refractivity contribution in [3.05, 3.63) is 75.6 Å². The average Bonchev–Trinajstić information content (AvgIpc) is 3.31. The number of benzene rings is 2. The van der Waals surface area contributed by atoms with Gasteiger partial charge < -0.3 is 16.4 Å². The third-order valence-electron chi connectivity index (χ3n) is 6.13. The third-order valence-corrected chi connectivity index (χ3v) is 6.13. The first-order valence-corrected chi connectivity index (χ1v) is 10.6. The highest BCUT2D eigenvalue weighted by atomic mass is 16.2. The molecule has 1 atom stereocenters. The van der Waals surface area contributed by atoms with E-state index in [1.807, 2.05) is 43.3 Å². The minimum absolute atomic E-state index is 0.145. The number of amides is 2. The van der Waals surface area contributed by atoms with Crippen LogP contribution in [-0.4, -0.2) is 52.6 Å². The second-order valence-electron chi connectivity index (χ2n) is 8.22. The molecule has 0 spiro atoms. The molecular formula is C23H27N7O2. The molecule has 9 heteroatoms. The van der Waals surface area contributed by atoms with Crippen LogP contribution in [0.15, 0.2) is 36.4 Å². The number of nitrogens with zero attached hydrogens (tertiary/aromatic N) is 3. The number of aryl methyl sites for hydroxylation is 2. The molecular weight excluding hydrogens is 406 g/mol. The average molecular weight is 434 g/mol. The molecule has 9 nitrogen and oxygen atoms in total. The van der Waals surface area contributed by atoms with Crippen LogP contribution in [0.3, 0.4) is 0 Å². The van der Waals surface area contributed by atoms with Crippen LogP contribution in [0.25, 0.3) is 0 Å². The fourth-order valence-electron chi connectivity index (χ4n) is 4.80. The van der Waals surface area contributed by atoms with Gasteiger partial charge in [0.25, 0.3) is 11.8 Å². The van der Waals surface area contributed by atoms with Crippen LogP contribution in [0.1, 0.15) is 62.1 Å². The molecule has 0 bridgehead atoms. The summed E-state index contributed by atoms with van der Waals surface area (Å²) in [6.45, 7) is 1.95. The minimum Gasteiger partial charge on any atom is -0.355 e. The lowest BCUT2D eigenvalue weighted by Gasteiger charge is -2.35. The van der Waals surface area contributed by atoms with E-state index in [0.717, 1.165) is 22.3 Å². The van der Waals surface area contributed by atoms with Gasteiger partial charge in [-0.2, -0.15) is 5.21 Å². The largest absolute Gasteiger partial charge is 0.355 e. The van der Waals surface area contributed by atoms with E-state index < -0.39 is 5.41 Å². The number of nitrogens with two attached hydrogens (primary N) is 1. The van der Waals surface area contributed by atoms with Crippen LogP contribution in [0, 0.1) is 0 Å². The maximum Gasteiger partial charge on any atom is 0.251 e. The Morgan fingerprint density at radius 3 is 1.97 bits per heavy atom. The van der Waals surface area contributed by atoms with Crippen molar-refractivity contribution >= 4 is 11.8 Å². The summed E-state index contributed by atoms with van der Waals surface area (Å²) in [7, 11) is 3.23. The van der Waals surface area contributed by atoms with Crippen molar-refractivity contribution in [2.24, 2.45) is 5.73 Å². The van der Waals surface area contributed by atoms with Gasteiger partial charge in [0.15, 0.2) is 5.82 Å². The maximum atomic E-state index is 12.3. The number of H-pyrrole nitrogens is 1. The lowest BCUT2D eigenvalue weighted by molar-refractivity contribution is 0.0955. The number of nitrogens with one attached hydrogen (secondary N) is 3. The Labute approximate surface area is 186 Å². The zero-order valence-corrected chi connectivity index (χ0v) is 18.4. The van der Waals surface area contributed by atoms with Crippen LogP contribution in [-0.2, 0) is 18.3 Å². The number of carbonyl (C=O) groups is 2. The summed E-state index contributed by atoms with van der Waals surface area (Å²) in [6, 6.07) is 11.3. The van der Waals surface area contributed by atoms with Crippen LogP contribution >= 0.6 is 0 Å². The van der Waals surface area contributed by atoms with Gasteiger partial charge in [-0.3, -0.25) is 9.59 Å². The quantitative estimate of drug-likeness (QED) is 0.475. The summed E-state index contributed by atoms with van der Waals surface area (Å²) in [6.07, 6.45) is 1.93. The molecule has 0 unspecified atom stereocenters. The van der Waals surface area contributed by atoms with E-state index in [9.17, 15) is 9.59 Å². The first-order chi connectivity index (χ1) is 15.4. The third kappa shape index (κ3) is 3.54. The zero-order chi connectivity index (χ0) is 22.9. The van der Waals surface area contributed by atoms with Gasteiger partial charge >= 0.3 is 0 Å². The van der Waals surface area contributed by atoms with Gasteiger partial charge in [-0.05, 0) is 72.7 Å². The van der Waals surface area contributed by atoms with E-state index in [4.69, 9.17) is 5.73 Å². The molecule has 0 aliphatic heterocycles. The van der Waals surface area contributed by atoms with Crippen molar-refractivity contribution < 1.29 is 9.59 Å². The molecule has 2 aromatic carbocycles. The van der Waals surface area contributed by atoms with Gasteiger partial charge in [-0.25, -0.2) is 0 Å². The molecule has 1 aliphatic carbocycles. The fraction of sp³-hybridized carbons (Fsp3) is 0.348. The van der Waals surface area contributed by atoms with E-state index in [2.05, 4.69) is 31.3 Å². The first-order valence-electron chi connectivity index (χ1n) is 10.6. The molecule has 2 amide bonds. The Hall–Kier alpha value is -3.59. The van der Waals surface area contributed by atoms with Gasteiger partial charge in [0, 0.05) is 31.3 Å². The van der Waals surface area contributed by atoms with Crippen molar-refractivity contribution in [2.45, 2.75) is 37.6 Å². The maximum absolute atomic E-state index is 12.3. The van der Waals surface area contributed by atoms with Gasteiger partial charge in [0.05, 0.1) is 5.41 Å². The number of fused-ring (bicyclic) bond motifs is 2. The van der Waals surface area contributed by atoms with Crippen molar-refractivity contribution in [3.63, 3.8) is 0 Å². The standard InChI is InChI=1S/C23H27N7O2/c1-13(24)12-23(22-27-29-30-28-22)18-8-6-16(20(31)25-2)10-14(18)4-5-15-11-17(21(32)26-3)7-9-19(15)23/h6-11,13H,4-5,12,24H2,1-3H3,(H,25,31)(H,26,32)(H,27,28,29,30)/t13-/m0/s1. The van der Waals surface area contributed by atoms with E-state index in [1.165, 1.54) is 0 Å². The van der Waals surface area contributed by atoms with Gasteiger partial charge in [-0.15, -0.1) is 10.2 Å². The number of aromatic amines is 1. The van der Waals surface area contributed by atoms with Crippen LogP contribution in [0.5, 0.6) is 0 Å². The molecule has 1 heterocycles. The van der Waals surface area contributed by atoms with Crippen LogP contribution in [0.4, 0.5) is 0 Å². The summed E-state index contributed by atoms with van der Waals surface area (Å²) in [5.74, 6) is 0.224. The van der Waals surface area contributed by atoms with Crippen LogP contribution in [0.2, 0.25) is 0 Å². The molecule has 5 N–H and O–H groups in total. The molecule has 32 heavy (non-hydrogen) atoms. The summed E-state index contributed by atoms with van der Waals surface area (Å²) < 4.78 is 0. The smallest absolute Gasteiger partial charge is 0.251 e. The summed E-state index contributed by atoms with van der Waals surface area (Å²) >= 11 is 0. The monoisotopic (exact) mass is 433 g/mol. The predicted octanol–water partition coefficient (Wildman–Crippen LogP) is 1.09. The normalized spacial score (nSPS) is 15.1. The van der Waals surface area contributed by atoms with Crippen molar-refractivity contribution in [3.8, 4) is 0 Å². The lowest BCUT2D eigenvalue weighted by Crippen LogP contribution is -2.38. The van der Waals surface area contributed by atoms with E-state index in [-0.39, 0.29) is 17.9 Å². The molecule has 4 rings (SSSR count). The summed E-state index contributed by atoms with van der Waals surface area (Å²) in [4.78, 5) is 24.6. The molecule has 0 saturated carbocycles. The summed E-state index contributed by atoms with van der Waals surface area (Å²) in [5, 5.41) is 20.6. The Morgan fingerprint density at radius 1 is 1.03 bits per heavy atom. The second kappa shape index (κ2) is 8.51. The SMILES string of the molecule is CNC(=O)c1ccc2c(c1)CCc1cc(C(=O)NC)ccc1C2(C[C@H](C)N)c1nn[nH]n1. The van der Waals surface area contributed by atoms with E-state index in [1.54, 1.807) is 14.1 Å². The Bertz CT molecular complexity index is 1090. The molecule has 166 valence electrons. The Balaban J connectivity index is 2.02. The number of carbonyl (C=O) groups excluding carboxylic acids is 2. The minimum atomic E-state index is -0.773. The van der Waals surface area contributed by atoms with Crippen molar-refractivity contribution in [1.29, 1.82) is 0 Å². The van der Waals surface area contributed by atoms with E-state index in [0.29, 0.717) is 36.2 Å². The number of aromatic nitrogens is 4. The molecule has 0 saturated heterocycles. The lowest BCUT2D eigenvalue weighted by atomic mass is 9.68. The van der Waals surface area contributed by atoms with Gasteiger partial charge in [0.2, 0.25) is 0 Å². The topological polar surface area (TPSA) is 139 Å². The van der Waals surface area contributed by atoms with Crippen LogP contribution < -0.4 is 16.4 Å². The second-order valence-corrected chi connectivity index (χ2v) is 8.22. The van der Waals surface area contributed by atoms with Crippen molar-refractivity contribution in [2.75, 3.05) is 14.1 Å². The predicted molar refractivity (Wildman–Crippen MR) is 119 cm³/mol. The molecule has 0 radical (unpaired) electrons. The molecule has 1 aliphatic rings.